The summed E-state index contributed by atoms with van der Waals surface area (Å²) in [6, 6.07) is 4.18. The van der Waals surface area contributed by atoms with E-state index in [1.54, 1.807) is 11.0 Å². The van der Waals surface area contributed by atoms with Gasteiger partial charge in [-0.3, -0.25) is 19.4 Å². The fourth-order valence-electron chi connectivity index (χ4n) is 7.58. The van der Waals surface area contributed by atoms with E-state index in [4.69, 9.17) is 26.4 Å². The summed E-state index contributed by atoms with van der Waals surface area (Å²) in [5.41, 5.74) is 0.904. The van der Waals surface area contributed by atoms with Crippen molar-refractivity contribution in [3.63, 3.8) is 0 Å². The maximum Gasteiger partial charge on any atom is 0.226 e. The van der Waals surface area contributed by atoms with Gasteiger partial charge in [0.1, 0.15) is 11.9 Å². The lowest BCUT2D eigenvalue weighted by Crippen LogP contribution is -2.54. The Balaban J connectivity index is 1.27. The number of aromatic nitrogens is 4. The quantitative estimate of drug-likeness (QED) is 0.276. The lowest BCUT2D eigenvalue weighted by Gasteiger charge is -2.47. The van der Waals surface area contributed by atoms with Crippen LogP contribution in [0.2, 0.25) is 5.02 Å². The molecule has 0 bridgehead atoms. The zero-order valence-electron chi connectivity index (χ0n) is 28.2. The summed E-state index contributed by atoms with van der Waals surface area (Å²) in [5, 5.41) is 5.25. The Morgan fingerprint density at radius 2 is 1.77 bits per heavy atom. The average molecular weight is 673 g/mol. The summed E-state index contributed by atoms with van der Waals surface area (Å²) in [6.07, 6.45) is 2.80. The number of amides is 1. The van der Waals surface area contributed by atoms with Crippen molar-refractivity contribution in [2.45, 2.75) is 103 Å². The number of nitrogens with zero attached hydrogens (tertiary/aromatic N) is 6. The first-order valence-corrected chi connectivity index (χ1v) is 16.9. The normalized spacial score (nSPS) is 23.4. The standard InChI is InChI=1S/C35H44ClF3N6O2/c1-8-45-19-40-32(42-45)34(6,7)30-23-17-25(36)20(2)41-29(23)35(47-30)12-15-43(16-13-35)31(46)22-11-14-44(33(3,4)5)18-24(22)21-9-10-26(37)28(39)27(21)38/h9-10,17,19,22,24,30H,8,11-16,18H2,1-7H3/t22?,24-,30-/m0/s1. The fraction of sp³-hybridized carbons (Fsp3) is 0.600. The molecule has 0 saturated carbocycles. The van der Waals surface area contributed by atoms with Crippen LogP contribution in [0.3, 0.4) is 0 Å². The summed E-state index contributed by atoms with van der Waals surface area (Å²) < 4.78 is 52.4. The van der Waals surface area contributed by atoms with E-state index in [9.17, 15) is 13.6 Å². The van der Waals surface area contributed by atoms with Crippen LogP contribution in [0.1, 0.15) is 101 Å². The van der Waals surface area contributed by atoms with Crippen LogP contribution in [-0.4, -0.2) is 67.2 Å². The van der Waals surface area contributed by atoms with Crippen molar-refractivity contribution in [1.82, 2.24) is 29.5 Å². The van der Waals surface area contributed by atoms with E-state index in [2.05, 4.69) is 44.5 Å². The number of likely N-dealkylation sites (tertiary alicyclic amines) is 2. The number of aryl methyl sites for hydroxylation is 2. The summed E-state index contributed by atoms with van der Waals surface area (Å²) in [7, 11) is 0. The Labute approximate surface area is 279 Å². The first kappa shape index (κ1) is 33.9. The number of carbonyl (C=O) groups is 1. The van der Waals surface area contributed by atoms with Crippen molar-refractivity contribution in [2.75, 3.05) is 26.2 Å². The number of carbonyl (C=O) groups excluding carboxylic acids is 1. The van der Waals surface area contributed by atoms with Gasteiger partial charge in [-0.15, -0.1) is 0 Å². The molecule has 3 aliphatic rings. The average Bonchev–Trinajstić information content (AvgIpc) is 3.64. The predicted octanol–water partition coefficient (Wildman–Crippen LogP) is 6.84. The molecule has 1 unspecified atom stereocenters. The Kier molecular flexibility index (Phi) is 8.75. The minimum atomic E-state index is -1.50. The van der Waals surface area contributed by atoms with Crippen molar-refractivity contribution >= 4 is 17.5 Å². The highest BCUT2D eigenvalue weighted by atomic mass is 35.5. The number of pyridine rings is 1. The Morgan fingerprint density at radius 1 is 1.06 bits per heavy atom. The minimum Gasteiger partial charge on any atom is -0.359 e. The second kappa shape index (κ2) is 12.1. The molecule has 254 valence electrons. The van der Waals surface area contributed by atoms with E-state index in [1.807, 2.05) is 24.8 Å². The van der Waals surface area contributed by atoms with Gasteiger partial charge in [-0.1, -0.05) is 17.7 Å². The van der Waals surface area contributed by atoms with Crippen LogP contribution >= 0.6 is 11.6 Å². The number of benzene rings is 1. The SMILES string of the molecule is CCn1cnc(C(C)(C)[C@H]2OC3(CCN(C(=O)C4CCN(C(C)(C)C)C[C@H]4c4ccc(F)c(F)c4F)CC3)c3nc(C)c(Cl)cc32)n1. The van der Waals surface area contributed by atoms with Gasteiger partial charge in [0, 0.05) is 49.1 Å². The largest absolute Gasteiger partial charge is 0.359 e. The molecule has 12 heteroatoms. The minimum absolute atomic E-state index is 0.0403. The summed E-state index contributed by atoms with van der Waals surface area (Å²) >= 11 is 6.61. The number of fused-ring (bicyclic) bond motifs is 2. The van der Waals surface area contributed by atoms with Crippen LogP contribution in [0.15, 0.2) is 24.5 Å². The van der Waals surface area contributed by atoms with E-state index < -0.39 is 46.4 Å². The number of ether oxygens (including phenoxy) is 1. The molecule has 0 radical (unpaired) electrons. The number of piperidine rings is 2. The first-order chi connectivity index (χ1) is 22.1. The van der Waals surface area contributed by atoms with E-state index in [0.717, 1.165) is 17.3 Å². The monoisotopic (exact) mass is 672 g/mol. The number of hydrogen-bond donors (Lipinski definition) is 0. The molecule has 3 aromatic rings. The topological polar surface area (TPSA) is 76.4 Å². The second-order valence-electron chi connectivity index (χ2n) is 14.8. The molecule has 0 N–H and O–H groups in total. The van der Waals surface area contributed by atoms with Gasteiger partial charge in [0.15, 0.2) is 23.3 Å². The van der Waals surface area contributed by atoms with Crippen LogP contribution in [0, 0.1) is 30.3 Å². The summed E-state index contributed by atoms with van der Waals surface area (Å²) in [5.74, 6) is -4.61. The van der Waals surface area contributed by atoms with Gasteiger partial charge in [-0.2, -0.15) is 5.10 Å². The van der Waals surface area contributed by atoms with Crippen molar-refractivity contribution in [3.8, 4) is 0 Å². The molecular weight excluding hydrogens is 629 g/mol. The second-order valence-corrected chi connectivity index (χ2v) is 15.2. The number of rotatable bonds is 5. The van der Waals surface area contributed by atoms with Crippen LogP contribution < -0.4 is 0 Å². The molecule has 1 amide bonds. The highest BCUT2D eigenvalue weighted by Crippen LogP contribution is 2.55. The van der Waals surface area contributed by atoms with E-state index in [1.165, 1.54) is 6.07 Å². The van der Waals surface area contributed by atoms with Gasteiger partial charge in [-0.05, 0) is 92.0 Å². The third-order valence-electron chi connectivity index (χ3n) is 10.6. The first-order valence-electron chi connectivity index (χ1n) is 16.5. The van der Waals surface area contributed by atoms with Gasteiger partial charge >= 0.3 is 0 Å². The van der Waals surface area contributed by atoms with E-state index in [0.29, 0.717) is 68.5 Å². The lowest BCUT2D eigenvalue weighted by molar-refractivity contribution is -0.153. The van der Waals surface area contributed by atoms with Gasteiger partial charge in [0.25, 0.3) is 0 Å². The van der Waals surface area contributed by atoms with Gasteiger partial charge in [-0.25, -0.2) is 18.2 Å². The highest BCUT2D eigenvalue weighted by molar-refractivity contribution is 6.31. The van der Waals surface area contributed by atoms with Gasteiger partial charge < -0.3 is 9.64 Å². The van der Waals surface area contributed by atoms with Crippen LogP contribution in [0.5, 0.6) is 0 Å². The molecule has 8 nitrogen and oxygen atoms in total. The number of hydrogen-bond acceptors (Lipinski definition) is 6. The predicted molar refractivity (Wildman–Crippen MR) is 173 cm³/mol. The smallest absolute Gasteiger partial charge is 0.226 e. The molecule has 6 rings (SSSR count). The maximum atomic E-state index is 15.2. The van der Waals surface area contributed by atoms with Crippen LogP contribution in [0.4, 0.5) is 13.2 Å². The highest BCUT2D eigenvalue weighted by Gasteiger charge is 2.54. The molecular formula is C35H44ClF3N6O2. The van der Waals surface area contributed by atoms with Gasteiger partial charge in [0.2, 0.25) is 5.91 Å². The van der Waals surface area contributed by atoms with Crippen molar-refractivity contribution in [3.05, 3.63) is 75.3 Å². The van der Waals surface area contributed by atoms with Crippen LogP contribution in [0.25, 0.3) is 0 Å². The number of halogens is 4. The Hall–Kier alpha value is -3.02. The third-order valence-corrected chi connectivity index (χ3v) is 10.9. The molecule has 1 spiro atoms. The van der Waals surface area contributed by atoms with Crippen molar-refractivity contribution < 1.29 is 22.7 Å². The summed E-state index contributed by atoms with van der Waals surface area (Å²) in [4.78, 5) is 27.8. The molecule has 0 aliphatic carbocycles. The maximum absolute atomic E-state index is 15.2. The van der Waals surface area contributed by atoms with Crippen LogP contribution in [-0.2, 0) is 27.1 Å². The Bertz CT molecular complexity index is 1680. The molecule has 5 heterocycles. The Morgan fingerprint density at radius 3 is 2.40 bits per heavy atom. The van der Waals surface area contributed by atoms with E-state index in [-0.39, 0.29) is 17.0 Å². The molecule has 3 aliphatic heterocycles. The van der Waals surface area contributed by atoms with Crippen molar-refractivity contribution in [2.24, 2.45) is 5.92 Å². The third kappa shape index (κ3) is 5.86. The zero-order valence-corrected chi connectivity index (χ0v) is 29.0. The molecule has 2 fully saturated rings. The molecule has 2 aromatic heterocycles. The van der Waals surface area contributed by atoms with Crippen molar-refractivity contribution in [1.29, 1.82) is 0 Å². The molecule has 3 atom stereocenters. The molecule has 2 saturated heterocycles. The molecule has 47 heavy (non-hydrogen) atoms. The fourth-order valence-corrected chi connectivity index (χ4v) is 7.74. The lowest BCUT2D eigenvalue weighted by atomic mass is 9.77. The zero-order chi connectivity index (χ0) is 34.1. The molecule has 1 aromatic carbocycles. The van der Waals surface area contributed by atoms with Gasteiger partial charge in [0.05, 0.1) is 27.9 Å². The van der Waals surface area contributed by atoms with E-state index >= 15 is 4.39 Å². The summed E-state index contributed by atoms with van der Waals surface area (Å²) in [6.45, 7) is 16.7.